The third-order valence-corrected chi connectivity index (χ3v) is 6.73. The van der Waals surface area contributed by atoms with Gasteiger partial charge in [-0.15, -0.1) is 0 Å². The number of benzene rings is 1. The van der Waals surface area contributed by atoms with Gasteiger partial charge in [0.05, 0.1) is 5.92 Å². The zero-order valence-electron chi connectivity index (χ0n) is 20.3. The second-order valence-electron chi connectivity index (χ2n) is 9.90. The first kappa shape index (κ1) is 25.2. The molecule has 0 bridgehead atoms. The predicted octanol–water partition coefficient (Wildman–Crippen LogP) is 4.76. The van der Waals surface area contributed by atoms with Crippen LogP contribution in [0.25, 0.3) is 0 Å². The van der Waals surface area contributed by atoms with Crippen molar-refractivity contribution < 1.29 is 18.0 Å². The zero-order chi connectivity index (χ0) is 25.2. The van der Waals surface area contributed by atoms with Gasteiger partial charge in [0.25, 0.3) is 0 Å². The van der Waals surface area contributed by atoms with E-state index >= 15 is 0 Å². The van der Waals surface area contributed by atoms with Crippen LogP contribution in [0.4, 0.5) is 30.6 Å². The number of carbonyl (C=O) groups is 1. The first-order chi connectivity index (χ1) is 16.6. The lowest BCUT2D eigenvalue weighted by Gasteiger charge is -2.24. The van der Waals surface area contributed by atoms with Gasteiger partial charge in [-0.3, -0.25) is 4.79 Å². The maximum atomic E-state index is 13.7. The van der Waals surface area contributed by atoms with Gasteiger partial charge in [-0.1, -0.05) is 18.6 Å². The molecule has 3 unspecified atom stereocenters. The molecule has 1 saturated carbocycles. The summed E-state index contributed by atoms with van der Waals surface area (Å²) in [5.41, 5.74) is 0.988. The first-order valence-corrected chi connectivity index (χ1v) is 12.2. The van der Waals surface area contributed by atoms with Crippen molar-refractivity contribution in [2.45, 2.75) is 63.7 Å². The molecule has 2 heterocycles. The van der Waals surface area contributed by atoms with E-state index in [2.05, 4.69) is 37.9 Å². The Balaban J connectivity index is 1.51. The van der Waals surface area contributed by atoms with E-state index < -0.39 is 23.7 Å². The summed E-state index contributed by atoms with van der Waals surface area (Å²) in [6.07, 6.45) is -0.745. The van der Waals surface area contributed by atoms with Crippen molar-refractivity contribution in [2.24, 2.45) is 5.92 Å². The lowest BCUT2D eigenvalue weighted by atomic mass is 9.98. The van der Waals surface area contributed by atoms with Gasteiger partial charge in [0.2, 0.25) is 11.9 Å². The number of hydrogen-bond donors (Lipinski definition) is 3. The fourth-order valence-electron chi connectivity index (χ4n) is 4.95. The van der Waals surface area contributed by atoms with E-state index in [0.29, 0.717) is 24.4 Å². The maximum absolute atomic E-state index is 13.7. The Morgan fingerprint density at radius 3 is 2.51 bits per heavy atom. The number of carbonyl (C=O) groups excluding carboxylic acids is 1. The molecule has 4 rings (SSSR count). The summed E-state index contributed by atoms with van der Waals surface area (Å²) in [6, 6.07) is 7.39. The van der Waals surface area contributed by atoms with E-state index in [0.717, 1.165) is 32.1 Å². The highest BCUT2D eigenvalue weighted by Gasteiger charge is 2.39. The minimum Gasteiger partial charge on any atom is -0.366 e. The summed E-state index contributed by atoms with van der Waals surface area (Å²) in [4.78, 5) is 22.9. The molecular formula is C25H33F3N6O. The van der Waals surface area contributed by atoms with E-state index in [-0.39, 0.29) is 23.7 Å². The molecule has 2 aliphatic rings. The minimum atomic E-state index is -4.62. The molecule has 1 aromatic heterocycles. The summed E-state index contributed by atoms with van der Waals surface area (Å²) in [5.74, 6) is -0.319. The van der Waals surface area contributed by atoms with Crippen LogP contribution in [0.1, 0.15) is 56.6 Å². The summed E-state index contributed by atoms with van der Waals surface area (Å²) in [6.45, 7) is 5.80. The molecule has 35 heavy (non-hydrogen) atoms. The largest absolute Gasteiger partial charge is 0.421 e. The Kier molecular flexibility index (Phi) is 7.49. The van der Waals surface area contributed by atoms with Crippen LogP contribution in [0, 0.1) is 5.92 Å². The summed E-state index contributed by atoms with van der Waals surface area (Å²) in [5, 5.41) is 8.80. The summed E-state index contributed by atoms with van der Waals surface area (Å²) >= 11 is 0. The molecule has 1 saturated heterocycles. The molecule has 190 valence electrons. The number of halogens is 3. The van der Waals surface area contributed by atoms with Crippen molar-refractivity contribution in [3.05, 3.63) is 41.6 Å². The highest BCUT2D eigenvalue weighted by molar-refractivity contribution is 5.80. The van der Waals surface area contributed by atoms with Crippen LogP contribution in [0.3, 0.4) is 0 Å². The van der Waals surface area contributed by atoms with Crippen LogP contribution >= 0.6 is 0 Å². The van der Waals surface area contributed by atoms with Gasteiger partial charge < -0.3 is 20.9 Å². The lowest BCUT2D eigenvalue weighted by molar-refractivity contribution is -0.137. The third-order valence-electron chi connectivity index (χ3n) is 6.73. The van der Waals surface area contributed by atoms with E-state index in [9.17, 15) is 18.0 Å². The third kappa shape index (κ3) is 6.22. The molecule has 0 spiro atoms. The number of anilines is 3. The van der Waals surface area contributed by atoms with Gasteiger partial charge in [0.15, 0.2) is 0 Å². The fourth-order valence-corrected chi connectivity index (χ4v) is 4.95. The fraction of sp³-hybridized carbons (Fsp3) is 0.560. The highest BCUT2D eigenvalue weighted by Crippen LogP contribution is 2.37. The van der Waals surface area contributed by atoms with Crippen molar-refractivity contribution in [3.8, 4) is 0 Å². The SMILES string of the molecule is CC(C)NC(=O)C1CCCC1Nc1nc(Nc2ccc(C3CCN(C)C3)cc2)ncc1C(F)(F)F. The standard InChI is InChI=1S/C25H33F3N6O/c1-15(2)30-23(35)19-5-4-6-21(19)32-22-20(25(26,27)28)13-29-24(33-22)31-18-9-7-16(8-10-18)17-11-12-34(3)14-17/h7-10,13,15,17,19,21H,4-6,11-12,14H2,1-3H3,(H,30,35)(H2,29,31,32,33). The molecule has 2 aromatic rings. The van der Waals surface area contributed by atoms with Crippen LogP contribution < -0.4 is 16.0 Å². The van der Waals surface area contributed by atoms with Crippen LogP contribution in [0.15, 0.2) is 30.5 Å². The van der Waals surface area contributed by atoms with Crippen LogP contribution in [0.2, 0.25) is 0 Å². The van der Waals surface area contributed by atoms with Gasteiger partial charge in [-0.25, -0.2) is 4.98 Å². The molecule has 1 aromatic carbocycles. The molecule has 0 radical (unpaired) electrons. The van der Waals surface area contributed by atoms with Gasteiger partial charge in [-0.05, 0) is 70.3 Å². The smallest absolute Gasteiger partial charge is 0.366 e. The number of aromatic nitrogens is 2. The minimum absolute atomic E-state index is 0.0368. The van der Waals surface area contributed by atoms with E-state index in [1.165, 1.54) is 5.56 Å². The quantitative estimate of drug-likeness (QED) is 0.519. The molecule has 1 amide bonds. The molecular weight excluding hydrogens is 457 g/mol. The maximum Gasteiger partial charge on any atom is 0.421 e. The van der Waals surface area contributed by atoms with Crippen LogP contribution in [-0.4, -0.2) is 53.0 Å². The normalized spacial score (nSPS) is 23.0. The van der Waals surface area contributed by atoms with Crippen molar-refractivity contribution in [3.63, 3.8) is 0 Å². The number of likely N-dealkylation sites (N-methyl/N-ethyl adjacent to an activating group) is 1. The number of rotatable bonds is 7. The first-order valence-electron chi connectivity index (χ1n) is 12.2. The Hall–Kier alpha value is -2.88. The topological polar surface area (TPSA) is 82.2 Å². The molecule has 1 aliphatic heterocycles. The molecule has 3 atom stereocenters. The number of alkyl halides is 3. The second-order valence-corrected chi connectivity index (χ2v) is 9.90. The Labute approximate surface area is 203 Å². The monoisotopic (exact) mass is 490 g/mol. The van der Waals surface area contributed by atoms with Crippen LogP contribution in [-0.2, 0) is 11.0 Å². The molecule has 2 fully saturated rings. The van der Waals surface area contributed by atoms with Gasteiger partial charge >= 0.3 is 6.18 Å². The van der Waals surface area contributed by atoms with E-state index in [1.807, 2.05) is 38.1 Å². The van der Waals surface area contributed by atoms with E-state index in [4.69, 9.17) is 0 Å². The molecule has 1 aliphatic carbocycles. The number of likely N-dealkylation sites (tertiary alicyclic amines) is 1. The number of nitrogens with one attached hydrogen (secondary N) is 3. The molecule has 10 heteroatoms. The second kappa shape index (κ2) is 10.4. The zero-order valence-corrected chi connectivity index (χ0v) is 20.3. The average Bonchev–Trinajstić information content (AvgIpc) is 3.42. The van der Waals surface area contributed by atoms with Crippen molar-refractivity contribution >= 4 is 23.4 Å². The predicted molar refractivity (Wildman–Crippen MR) is 130 cm³/mol. The van der Waals surface area contributed by atoms with Gasteiger partial charge in [0, 0.05) is 30.5 Å². The number of hydrogen-bond acceptors (Lipinski definition) is 6. The summed E-state index contributed by atoms with van der Waals surface area (Å²) in [7, 11) is 2.11. The van der Waals surface area contributed by atoms with Crippen molar-refractivity contribution in [1.29, 1.82) is 0 Å². The van der Waals surface area contributed by atoms with E-state index in [1.54, 1.807) is 0 Å². The highest BCUT2D eigenvalue weighted by atomic mass is 19.4. The summed E-state index contributed by atoms with van der Waals surface area (Å²) < 4.78 is 41.1. The Morgan fingerprint density at radius 2 is 1.89 bits per heavy atom. The van der Waals surface area contributed by atoms with Crippen molar-refractivity contribution in [1.82, 2.24) is 20.2 Å². The Bertz CT molecular complexity index is 1030. The van der Waals surface area contributed by atoms with Crippen LogP contribution in [0.5, 0.6) is 0 Å². The molecule has 7 nitrogen and oxygen atoms in total. The number of amides is 1. The number of nitrogens with zero attached hydrogens (tertiary/aromatic N) is 3. The molecule has 3 N–H and O–H groups in total. The van der Waals surface area contributed by atoms with Gasteiger partial charge in [0.1, 0.15) is 11.4 Å². The Morgan fingerprint density at radius 1 is 1.14 bits per heavy atom. The lowest BCUT2D eigenvalue weighted by Crippen LogP contribution is -2.41. The average molecular weight is 491 g/mol. The van der Waals surface area contributed by atoms with Gasteiger partial charge in [-0.2, -0.15) is 18.2 Å². The van der Waals surface area contributed by atoms with Crippen molar-refractivity contribution in [2.75, 3.05) is 30.8 Å².